The molecule has 1 N–H and O–H groups in total. The summed E-state index contributed by atoms with van der Waals surface area (Å²) in [5.41, 5.74) is 0. The molecule has 0 saturated carbocycles. The molecule has 0 radical (unpaired) electrons. The van der Waals surface area contributed by atoms with Gasteiger partial charge in [-0.25, -0.2) is 9.97 Å². The van der Waals surface area contributed by atoms with Gasteiger partial charge in [0.2, 0.25) is 5.95 Å². The Morgan fingerprint density at radius 3 is 2.41 bits per heavy atom. The maximum atomic E-state index is 10.9. The molecule has 1 atom stereocenters. The van der Waals surface area contributed by atoms with Crippen molar-refractivity contribution in [2.45, 2.75) is 13.0 Å². The number of aliphatic carboxylic acids is 1. The minimum Gasteiger partial charge on any atom is -0.480 e. The molecular formula is C11H16N4O2. The largest absolute Gasteiger partial charge is 0.480 e. The van der Waals surface area contributed by atoms with E-state index in [4.69, 9.17) is 5.11 Å². The molecule has 0 unspecified atom stereocenters. The highest BCUT2D eigenvalue weighted by atomic mass is 16.4. The van der Waals surface area contributed by atoms with Crippen molar-refractivity contribution in [3.63, 3.8) is 0 Å². The monoisotopic (exact) mass is 236 g/mol. The molecule has 0 amide bonds. The van der Waals surface area contributed by atoms with Gasteiger partial charge >= 0.3 is 5.97 Å². The first-order valence-electron chi connectivity index (χ1n) is 5.67. The number of piperazine rings is 1. The Bertz CT molecular complexity index is 376. The molecule has 17 heavy (non-hydrogen) atoms. The Hall–Kier alpha value is -1.69. The molecule has 0 spiro atoms. The van der Waals surface area contributed by atoms with Gasteiger partial charge in [0.25, 0.3) is 0 Å². The summed E-state index contributed by atoms with van der Waals surface area (Å²) >= 11 is 0. The standard InChI is InChI=1S/C11H16N4O2/c1-9(10(16)17)14-5-7-15(8-6-14)11-12-3-2-4-13-11/h2-4,9H,5-8H2,1H3,(H,16,17)/t9-/m0/s1. The minimum absolute atomic E-state index is 0.422. The highest BCUT2D eigenvalue weighted by Crippen LogP contribution is 2.11. The van der Waals surface area contributed by atoms with Crippen molar-refractivity contribution in [2.75, 3.05) is 31.1 Å². The normalized spacial score (nSPS) is 19.0. The zero-order valence-electron chi connectivity index (χ0n) is 9.78. The molecule has 1 saturated heterocycles. The number of carbonyl (C=O) groups is 1. The first-order valence-corrected chi connectivity index (χ1v) is 5.67. The van der Waals surface area contributed by atoms with E-state index < -0.39 is 12.0 Å². The number of hydrogen-bond acceptors (Lipinski definition) is 5. The third-order valence-corrected chi connectivity index (χ3v) is 3.05. The van der Waals surface area contributed by atoms with Crippen LogP contribution in [0.15, 0.2) is 18.5 Å². The number of anilines is 1. The van der Waals surface area contributed by atoms with Crippen molar-refractivity contribution < 1.29 is 9.90 Å². The van der Waals surface area contributed by atoms with Gasteiger partial charge in [0.15, 0.2) is 0 Å². The molecule has 1 aromatic rings. The van der Waals surface area contributed by atoms with Crippen molar-refractivity contribution in [3.05, 3.63) is 18.5 Å². The van der Waals surface area contributed by atoms with E-state index in [1.165, 1.54) is 0 Å². The lowest BCUT2D eigenvalue weighted by atomic mass is 10.2. The second-order valence-corrected chi connectivity index (χ2v) is 4.09. The third kappa shape index (κ3) is 2.71. The maximum Gasteiger partial charge on any atom is 0.320 e. The number of carboxylic acids is 1. The fraction of sp³-hybridized carbons (Fsp3) is 0.545. The quantitative estimate of drug-likeness (QED) is 0.801. The van der Waals surface area contributed by atoms with E-state index in [-0.39, 0.29) is 0 Å². The Labute approximate surface area is 99.9 Å². The van der Waals surface area contributed by atoms with E-state index in [9.17, 15) is 4.79 Å². The lowest BCUT2D eigenvalue weighted by molar-refractivity contribution is -0.142. The minimum atomic E-state index is -0.769. The summed E-state index contributed by atoms with van der Waals surface area (Å²) in [6.45, 7) is 4.71. The summed E-state index contributed by atoms with van der Waals surface area (Å²) in [6, 6.07) is 1.36. The summed E-state index contributed by atoms with van der Waals surface area (Å²) in [6.07, 6.45) is 3.43. The van der Waals surface area contributed by atoms with Crippen molar-refractivity contribution in [2.24, 2.45) is 0 Å². The summed E-state index contributed by atoms with van der Waals surface area (Å²) in [5, 5.41) is 8.94. The fourth-order valence-corrected chi connectivity index (χ4v) is 1.92. The zero-order valence-corrected chi connectivity index (χ0v) is 9.78. The molecule has 1 aromatic heterocycles. The van der Waals surface area contributed by atoms with Crippen LogP contribution in [0.3, 0.4) is 0 Å². The second kappa shape index (κ2) is 5.09. The summed E-state index contributed by atoms with van der Waals surface area (Å²) in [5.74, 6) is -0.0514. The molecule has 1 fully saturated rings. The topological polar surface area (TPSA) is 69.6 Å². The van der Waals surface area contributed by atoms with E-state index in [0.717, 1.165) is 32.1 Å². The van der Waals surface area contributed by atoms with Crippen LogP contribution in [0, 0.1) is 0 Å². The Morgan fingerprint density at radius 1 is 1.29 bits per heavy atom. The number of aromatic nitrogens is 2. The number of rotatable bonds is 3. The first kappa shape index (κ1) is 11.8. The van der Waals surface area contributed by atoms with Gasteiger partial charge in [0.05, 0.1) is 0 Å². The SMILES string of the molecule is C[C@@H](C(=O)O)N1CCN(c2ncccn2)CC1. The van der Waals surface area contributed by atoms with Gasteiger partial charge in [-0.05, 0) is 13.0 Å². The van der Waals surface area contributed by atoms with Crippen LogP contribution >= 0.6 is 0 Å². The van der Waals surface area contributed by atoms with Gasteiger partial charge in [-0.2, -0.15) is 0 Å². The molecule has 1 aliphatic rings. The molecular weight excluding hydrogens is 220 g/mol. The predicted molar refractivity (Wildman–Crippen MR) is 62.9 cm³/mol. The Morgan fingerprint density at radius 2 is 1.88 bits per heavy atom. The zero-order chi connectivity index (χ0) is 12.3. The van der Waals surface area contributed by atoms with Gasteiger partial charge in [-0.3, -0.25) is 9.69 Å². The predicted octanol–water partition coefficient (Wildman–Crippen LogP) is 0.0717. The van der Waals surface area contributed by atoms with Crippen LogP contribution < -0.4 is 4.90 Å². The first-order chi connectivity index (χ1) is 8.18. The van der Waals surface area contributed by atoms with E-state index in [1.54, 1.807) is 25.4 Å². The van der Waals surface area contributed by atoms with Gasteiger partial charge in [0.1, 0.15) is 6.04 Å². The van der Waals surface area contributed by atoms with Crippen LogP contribution in [-0.4, -0.2) is 58.2 Å². The van der Waals surface area contributed by atoms with E-state index in [1.807, 2.05) is 4.90 Å². The van der Waals surface area contributed by atoms with Crippen molar-refractivity contribution >= 4 is 11.9 Å². The molecule has 0 aliphatic carbocycles. The molecule has 0 bridgehead atoms. The highest BCUT2D eigenvalue weighted by molar-refractivity contribution is 5.72. The summed E-state index contributed by atoms with van der Waals surface area (Å²) in [4.78, 5) is 23.3. The highest BCUT2D eigenvalue weighted by Gasteiger charge is 2.25. The molecule has 6 nitrogen and oxygen atoms in total. The van der Waals surface area contributed by atoms with Gasteiger partial charge in [-0.15, -0.1) is 0 Å². The fourth-order valence-electron chi connectivity index (χ4n) is 1.92. The van der Waals surface area contributed by atoms with Crippen molar-refractivity contribution in [3.8, 4) is 0 Å². The molecule has 92 valence electrons. The average molecular weight is 236 g/mol. The number of nitrogens with zero attached hydrogens (tertiary/aromatic N) is 4. The summed E-state index contributed by atoms with van der Waals surface area (Å²) < 4.78 is 0. The Kier molecular flexibility index (Phi) is 3.53. The molecule has 2 heterocycles. The van der Waals surface area contributed by atoms with E-state index in [2.05, 4.69) is 14.9 Å². The average Bonchev–Trinajstić information content (AvgIpc) is 2.39. The lowest BCUT2D eigenvalue weighted by Crippen LogP contribution is -2.52. The number of carboxylic acid groups (broad SMARTS) is 1. The van der Waals surface area contributed by atoms with E-state index in [0.29, 0.717) is 0 Å². The van der Waals surface area contributed by atoms with Crippen LogP contribution in [-0.2, 0) is 4.79 Å². The van der Waals surface area contributed by atoms with Crippen LogP contribution in [0.1, 0.15) is 6.92 Å². The van der Waals surface area contributed by atoms with Crippen molar-refractivity contribution in [1.29, 1.82) is 0 Å². The molecule has 0 aromatic carbocycles. The van der Waals surface area contributed by atoms with Crippen molar-refractivity contribution in [1.82, 2.24) is 14.9 Å². The van der Waals surface area contributed by atoms with Crippen LogP contribution in [0.5, 0.6) is 0 Å². The summed E-state index contributed by atoms with van der Waals surface area (Å²) in [7, 11) is 0. The maximum absolute atomic E-state index is 10.9. The van der Waals surface area contributed by atoms with Crippen LogP contribution in [0.25, 0.3) is 0 Å². The van der Waals surface area contributed by atoms with E-state index >= 15 is 0 Å². The Balaban J connectivity index is 1.93. The molecule has 6 heteroatoms. The second-order valence-electron chi connectivity index (χ2n) is 4.09. The molecule has 1 aliphatic heterocycles. The third-order valence-electron chi connectivity index (χ3n) is 3.05. The van der Waals surface area contributed by atoms with Crippen LogP contribution in [0.4, 0.5) is 5.95 Å². The van der Waals surface area contributed by atoms with Gasteiger partial charge in [0, 0.05) is 38.6 Å². The molecule has 2 rings (SSSR count). The number of hydrogen-bond donors (Lipinski definition) is 1. The lowest BCUT2D eigenvalue weighted by Gasteiger charge is -2.36. The van der Waals surface area contributed by atoms with Crippen LogP contribution in [0.2, 0.25) is 0 Å². The smallest absolute Gasteiger partial charge is 0.320 e. The van der Waals surface area contributed by atoms with Gasteiger partial charge < -0.3 is 10.0 Å². The van der Waals surface area contributed by atoms with Gasteiger partial charge in [-0.1, -0.05) is 0 Å².